The van der Waals surface area contributed by atoms with Crippen molar-refractivity contribution in [3.63, 3.8) is 0 Å². The van der Waals surface area contributed by atoms with E-state index in [0.29, 0.717) is 10.6 Å². The molecule has 0 aliphatic rings. The second kappa shape index (κ2) is 4.52. The van der Waals surface area contributed by atoms with Crippen molar-refractivity contribution < 1.29 is 9.53 Å². The van der Waals surface area contributed by atoms with Crippen molar-refractivity contribution in [1.82, 2.24) is 20.2 Å². The largest absolute Gasteiger partial charge is 0.444 e. The molecular formula is C8H15N5O2S. The highest BCUT2D eigenvalue weighted by molar-refractivity contribution is 7.71. The highest BCUT2D eigenvalue weighted by atomic mass is 32.1. The van der Waals surface area contributed by atoms with Crippen LogP contribution in [0.4, 0.5) is 4.79 Å². The lowest BCUT2D eigenvalue weighted by Crippen LogP contribution is -2.33. The second-order valence-electron chi connectivity index (χ2n) is 4.17. The lowest BCUT2D eigenvalue weighted by Gasteiger charge is -2.19. The van der Waals surface area contributed by atoms with E-state index in [1.54, 1.807) is 20.8 Å². The second-order valence-corrected chi connectivity index (χ2v) is 4.56. The molecule has 0 saturated carbocycles. The fraction of sp³-hybridized carbons (Fsp3) is 0.625. The minimum absolute atomic E-state index is 0.151. The van der Waals surface area contributed by atoms with Gasteiger partial charge in [0.2, 0.25) is 4.77 Å². The summed E-state index contributed by atoms with van der Waals surface area (Å²) in [5.41, 5.74) is -0.530. The summed E-state index contributed by atoms with van der Waals surface area (Å²) in [7, 11) is 0. The highest BCUT2D eigenvalue weighted by Crippen LogP contribution is 2.06. The first-order valence-corrected chi connectivity index (χ1v) is 5.08. The van der Waals surface area contributed by atoms with E-state index in [9.17, 15) is 4.79 Å². The molecule has 16 heavy (non-hydrogen) atoms. The standard InChI is InChI=1S/C8H15N5O2S/c1-8(2,3)15-7(14)10-4-5-11-12-6(16)13(5)9/h4,9H2,1-3H3,(H,10,14)(H,12,16). The number of carbonyl (C=O) groups excluding carboxylic acids is 1. The van der Waals surface area contributed by atoms with Gasteiger partial charge in [0.15, 0.2) is 5.82 Å². The molecule has 1 aromatic heterocycles. The summed E-state index contributed by atoms with van der Waals surface area (Å²) >= 11 is 4.82. The van der Waals surface area contributed by atoms with E-state index >= 15 is 0 Å². The number of aromatic nitrogens is 3. The van der Waals surface area contributed by atoms with Crippen molar-refractivity contribution in [2.75, 3.05) is 5.84 Å². The van der Waals surface area contributed by atoms with Gasteiger partial charge in [-0.15, -0.1) is 0 Å². The van der Waals surface area contributed by atoms with Gasteiger partial charge >= 0.3 is 6.09 Å². The predicted octanol–water partition coefficient (Wildman–Crippen LogP) is 0.679. The maximum Gasteiger partial charge on any atom is 0.408 e. The van der Waals surface area contributed by atoms with Crippen LogP contribution in [-0.2, 0) is 11.3 Å². The number of nitrogens with one attached hydrogen (secondary N) is 2. The molecule has 4 N–H and O–H groups in total. The number of amides is 1. The van der Waals surface area contributed by atoms with Crippen LogP contribution in [0.1, 0.15) is 26.6 Å². The Morgan fingerprint density at radius 1 is 1.69 bits per heavy atom. The fourth-order valence-corrected chi connectivity index (χ4v) is 1.08. The Morgan fingerprint density at radius 2 is 2.31 bits per heavy atom. The van der Waals surface area contributed by atoms with Gasteiger partial charge in [0, 0.05) is 0 Å². The Labute approximate surface area is 97.9 Å². The molecule has 1 heterocycles. The van der Waals surface area contributed by atoms with Crippen LogP contribution >= 0.6 is 12.2 Å². The lowest BCUT2D eigenvalue weighted by molar-refractivity contribution is 0.0522. The molecule has 0 aliphatic heterocycles. The van der Waals surface area contributed by atoms with Crippen LogP contribution in [0, 0.1) is 4.77 Å². The van der Waals surface area contributed by atoms with Crippen LogP contribution in [0.5, 0.6) is 0 Å². The molecule has 1 aromatic rings. The predicted molar refractivity (Wildman–Crippen MR) is 60.6 cm³/mol. The monoisotopic (exact) mass is 245 g/mol. The van der Waals surface area contributed by atoms with Crippen LogP contribution < -0.4 is 11.2 Å². The normalized spacial score (nSPS) is 11.2. The zero-order valence-electron chi connectivity index (χ0n) is 9.40. The molecule has 8 heteroatoms. The van der Waals surface area contributed by atoms with Crippen molar-refractivity contribution in [1.29, 1.82) is 0 Å². The minimum Gasteiger partial charge on any atom is -0.444 e. The molecule has 0 aliphatic carbocycles. The molecule has 0 unspecified atom stereocenters. The smallest absolute Gasteiger partial charge is 0.408 e. The van der Waals surface area contributed by atoms with Crippen LogP contribution in [-0.4, -0.2) is 26.6 Å². The molecule has 0 saturated heterocycles. The molecule has 90 valence electrons. The minimum atomic E-state index is -0.530. The third kappa shape index (κ3) is 3.54. The Bertz CT molecular complexity index is 430. The van der Waals surface area contributed by atoms with Crippen LogP contribution in [0.25, 0.3) is 0 Å². The van der Waals surface area contributed by atoms with E-state index in [-0.39, 0.29) is 6.54 Å². The third-order valence-corrected chi connectivity index (χ3v) is 1.86. The maximum absolute atomic E-state index is 11.3. The first-order valence-electron chi connectivity index (χ1n) is 4.68. The molecule has 0 aromatic carbocycles. The van der Waals surface area contributed by atoms with Gasteiger partial charge in [-0.05, 0) is 33.0 Å². The van der Waals surface area contributed by atoms with E-state index in [1.165, 1.54) is 4.68 Å². The average molecular weight is 245 g/mol. The Morgan fingerprint density at radius 3 is 2.75 bits per heavy atom. The van der Waals surface area contributed by atoms with E-state index in [0.717, 1.165) is 0 Å². The Hall–Kier alpha value is -1.57. The van der Waals surface area contributed by atoms with Crippen LogP contribution in [0.15, 0.2) is 0 Å². The molecule has 0 fully saturated rings. The molecular weight excluding hydrogens is 230 g/mol. The zero-order chi connectivity index (χ0) is 12.3. The molecule has 1 rings (SSSR count). The van der Waals surface area contributed by atoms with Crippen molar-refractivity contribution in [3.8, 4) is 0 Å². The molecule has 1 amide bonds. The van der Waals surface area contributed by atoms with Gasteiger partial charge in [0.05, 0.1) is 6.54 Å². The molecule has 0 spiro atoms. The quantitative estimate of drug-likeness (QED) is 0.525. The summed E-state index contributed by atoms with van der Waals surface area (Å²) in [5.74, 6) is 5.97. The summed E-state index contributed by atoms with van der Waals surface area (Å²) < 4.78 is 6.52. The summed E-state index contributed by atoms with van der Waals surface area (Å²) in [6, 6.07) is 0. The topological polar surface area (TPSA) is 98.0 Å². The number of carbonyl (C=O) groups is 1. The van der Waals surface area contributed by atoms with Crippen molar-refractivity contribution in [3.05, 3.63) is 10.6 Å². The number of ether oxygens (including phenoxy) is 1. The SMILES string of the molecule is CC(C)(C)OC(=O)NCc1n[nH]c(=S)n1N. The maximum atomic E-state index is 11.3. The number of alkyl carbamates (subject to hydrolysis) is 1. The van der Waals surface area contributed by atoms with Gasteiger partial charge in [-0.3, -0.25) is 5.10 Å². The van der Waals surface area contributed by atoms with Gasteiger partial charge in [-0.1, -0.05) is 0 Å². The third-order valence-electron chi connectivity index (χ3n) is 1.57. The number of rotatable bonds is 2. The lowest BCUT2D eigenvalue weighted by atomic mass is 10.2. The zero-order valence-corrected chi connectivity index (χ0v) is 10.2. The first kappa shape index (κ1) is 12.5. The van der Waals surface area contributed by atoms with E-state index < -0.39 is 11.7 Å². The van der Waals surface area contributed by atoms with Gasteiger partial charge in [0.25, 0.3) is 0 Å². The summed E-state index contributed by atoms with van der Waals surface area (Å²) in [6.07, 6.45) is -0.526. The first-order chi connectivity index (χ1) is 7.29. The Balaban J connectivity index is 2.50. The van der Waals surface area contributed by atoms with Gasteiger partial charge < -0.3 is 15.9 Å². The molecule has 7 nitrogen and oxygen atoms in total. The Kier molecular flexibility index (Phi) is 3.53. The van der Waals surface area contributed by atoms with Gasteiger partial charge in [0.1, 0.15) is 5.60 Å². The summed E-state index contributed by atoms with van der Waals surface area (Å²) in [4.78, 5) is 11.3. The van der Waals surface area contributed by atoms with Crippen molar-refractivity contribution in [2.24, 2.45) is 0 Å². The van der Waals surface area contributed by atoms with Crippen LogP contribution in [0.2, 0.25) is 0 Å². The molecule has 0 radical (unpaired) electrons. The van der Waals surface area contributed by atoms with Gasteiger partial charge in [-0.2, -0.15) is 5.10 Å². The summed E-state index contributed by atoms with van der Waals surface area (Å²) in [6.45, 7) is 5.50. The van der Waals surface area contributed by atoms with E-state index in [4.69, 9.17) is 22.8 Å². The van der Waals surface area contributed by atoms with E-state index in [1.807, 2.05) is 0 Å². The number of hydrogen-bond acceptors (Lipinski definition) is 5. The number of H-pyrrole nitrogens is 1. The highest BCUT2D eigenvalue weighted by Gasteiger charge is 2.16. The van der Waals surface area contributed by atoms with Crippen molar-refractivity contribution >= 4 is 18.3 Å². The number of nitrogens with zero attached hydrogens (tertiary/aromatic N) is 2. The average Bonchev–Trinajstić information content (AvgIpc) is 2.42. The van der Waals surface area contributed by atoms with E-state index in [2.05, 4.69) is 15.5 Å². The summed E-state index contributed by atoms with van der Waals surface area (Å²) in [5, 5.41) is 8.86. The molecule has 0 atom stereocenters. The molecule has 0 bridgehead atoms. The number of nitrogen functional groups attached to an aromatic ring is 1. The van der Waals surface area contributed by atoms with Gasteiger partial charge in [-0.25, -0.2) is 9.47 Å². The van der Waals surface area contributed by atoms with Crippen LogP contribution in [0.3, 0.4) is 0 Å². The number of aromatic amines is 1. The van der Waals surface area contributed by atoms with Crippen molar-refractivity contribution in [2.45, 2.75) is 32.9 Å². The number of nitrogens with two attached hydrogens (primary N) is 1. The number of hydrogen-bond donors (Lipinski definition) is 3. The fourth-order valence-electron chi connectivity index (χ4n) is 0.927.